The lowest BCUT2D eigenvalue weighted by molar-refractivity contribution is -0.123. The molecule has 0 saturated heterocycles. The van der Waals surface area contributed by atoms with Crippen LogP contribution in [0.2, 0.25) is 0 Å². The third-order valence-corrected chi connectivity index (χ3v) is 4.13. The van der Waals surface area contributed by atoms with Gasteiger partial charge in [-0.1, -0.05) is 42.5 Å². The summed E-state index contributed by atoms with van der Waals surface area (Å²) in [4.78, 5) is 12.3. The van der Waals surface area contributed by atoms with Gasteiger partial charge < -0.3 is 15.7 Å². The molecule has 1 aliphatic heterocycles. The maximum atomic E-state index is 13.6. The Balaban J connectivity index is 1.57. The second kappa shape index (κ2) is 6.89. The third-order valence-electron chi connectivity index (χ3n) is 4.13. The average Bonchev–Trinajstić information content (AvgIpc) is 2.59. The molecule has 0 radical (unpaired) electrons. The van der Waals surface area contributed by atoms with Gasteiger partial charge in [0.05, 0.1) is 12.1 Å². The molecule has 4 nitrogen and oxygen atoms in total. The summed E-state index contributed by atoms with van der Waals surface area (Å²) in [6, 6.07) is 13.7. The number of carbonyl (C=O) groups is 1. The molecule has 0 unspecified atom stereocenters. The molecule has 1 amide bonds. The Kier molecular flexibility index (Phi) is 4.69. The number of hydrogen-bond acceptors (Lipinski definition) is 3. The number of aliphatic hydroxyl groups is 1. The van der Waals surface area contributed by atoms with E-state index in [0.29, 0.717) is 13.0 Å². The van der Waals surface area contributed by atoms with E-state index in [9.17, 15) is 14.3 Å². The fourth-order valence-electron chi connectivity index (χ4n) is 2.82. The molecule has 1 heterocycles. The number of aliphatic hydroxyl groups excluding tert-OH is 1. The van der Waals surface area contributed by atoms with Crippen LogP contribution >= 0.6 is 0 Å². The van der Waals surface area contributed by atoms with Crippen LogP contribution in [0, 0.1) is 5.82 Å². The Bertz CT molecular complexity index is 705. The molecule has 0 spiro atoms. The maximum Gasteiger partial charge on any atom is 0.237 e. The number of hydrogen-bond donors (Lipinski definition) is 3. The van der Waals surface area contributed by atoms with Crippen molar-refractivity contribution in [2.24, 2.45) is 0 Å². The van der Waals surface area contributed by atoms with E-state index >= 15 is 0 Å². The zero-order chi connectivity index (χ0) is 16.2. The number of benzene rings is 2. The molecule has 23 heavy (non-hydrogen) atoms. The van der Waals surface area contributed by atoms with Crippen LogP contribution in [0.1, 0.15) is 22.8 Å². The largest absolute Gasteiger partial charge is 0.386 e. The summed E-state index contributed by atoms with van der Waals surface area (Å²) in [5.74, 6) is -0.658. The summed E-state index contributed by atoms with van der Waals surface area (Å²) in [6.45, 7) is 0.629. The van der Waals surface area contributed by atoms with Crippen LogP contribution in [0.3, 0.4) is 0 Å². The first-order valence-electron chi connectivity index (χ1n) is 7.65. The quantitative estimate of drug-likeness (QED) is 0.805. The minimum absolute atomic E-state index is 0.0143. The molecular weight excluding hydrogens is 295 g/mol. The number of nitrogens with one attached hydrogen (secondary N) is 2. The summed E-state index contributed by atoms with van der Waals surface area (Å²) >= 11 is 0. The van der Waals surface area contributed by atoms with Gasteiger partial charge in [0, 0.05) is 18.7 Å². The van der Waals surface area contributed by atoms with Gasteiger partial charge >= 0.3 is 0 Å². The molecule has 0 saturated carbocycles. The molecule has 120 valence electrons. The first kappa shape index (κ1) is 15.6. The van der Waals surface area contributed by atoms with Crippen LogP contribution in [0.4, 0.5) is 4.39 Å². The van der Waals surface area contributed by atoms with Gasteiger partial charge in [0.1, 0.15) is 5.82 Å². The first-order chi connectivity index (χ1) is 11.1. The standard InChI is InChI=1S/C18H19FN2O2/c19-15-8-4-3-7-14(15)17(22)11-21-18(23)16-9-12-5-1-2-6-13(12)10-20-16/h1-8,16-17,20,22H,9-11H2,(H,21,23)/t16-,17-/m0/s1. The van der Waals surface area contributed by atoms with Gasteiger partial charge in [-0.15, -0.1) is 0 Å². The zero-order valence-corrected chi connectivity index (χ0v) is 12.6. The fraction of sp³-hybridized carbons (Fsp3) is 0.278. The summed E-state index contributed by atoms with van der Waals surface area (Å²) in [6.07, 6.45) is -0.450. The smallest absolute Gasteiger partial charge is 0.237 e. The molecule has 1 aliphatic rings. The number of carbonyl (C=O) groups excluding carboxylic acids is 1. The van der Waals surface area contributed by atoms with E-state index in [0.717, 1.165) is 5.56 Å². The SMILES string of the molecule is O=C(NC[C@H](O)c1ccccc1F)[C@@H]1Cc2ccccc2CN1. The maximum absolute atomic E-state index is 13.6. The van der Waals surface area contributed by atoms with E-state index in [1.807, 2.05) is 24.3 Å². The number of rotatable bonds is 4. The highest BCUT2D eigenvalue weighted by Crippen LogP contribution is 2.17. The number of fused-ring (bicyclic) bond motifs is 1. The molecule has 5 heteroatoms. The topological polar surface area (TPSA) is 61.4 Å². The Hall–Kier alpha value is -2.24. The lowest BCUT2D eigenvalue weighted by Gasteiger charge is -2.25. The molecule has 0 fully saturated rings. The van der Waals surface area contributed by atoms with Crippen molar-refractivity contribution in [1.29, 1.82) is 0 Å². The minimum Gasteiger partial charge on any atom is -0.386 e. The van der Waals surface area contributed by atoms with E-state index in [4.69, 9.17) is 0 Å². The van der Waals surface area contributed by atoms with Crippen molar-refractivity contribution in [1.82, 2.24) is 10.6 Å². The Morgan fingerprint density at radius 3 is 2.70 bits per heavy atom. The summed E-state index contributed by atoms with van der Waals surface area (Å²) < 4.78 is 13.6. The Labute approximate surface area is 134 Å². The second-order valence-electron chi connectivity index (χ2n) is 5.69. The Morgan fingerprint density at radius 2 is 1.91 bits per heavy atom. The van der Waals surface area contributed by atoms with Crippen LogP contribution in [0.5, 0.6) is 0 Å². The van der Waals surface area contributed by atoms with Gasteiger partial charge in [-0.25, -0.2) is 4.39 Å². The van der Waals surface area contributed by atoms with Gasteiger partial charge in [0.15, 0.2) is 0 Å². The van der Waals surface area contributed by atoms with Crippen molar-refractivity contribution in [2.75, 3.05) is 6.54 Å². The van der Waals surface area contributed by atoms with Crippen LogP contribution in [-0.2, 0) is 17.8 Å². The minimum atomic E-state index is -1.06. The predicted octanol–water partition coefficient (Wildman–Crippen LogP) is 1.69. The summed E-state index contributed by atoms with van der Waals surface area (Å²) in [7, 11) is 0. The zero-order valence-electron chi connectivity index (χ0n) is 12.6. The first-order valence-corrected chi connectivity index (χ1v) is 7.65. The van der Waals surface area contributed by atoms with E-state index in [2.05, 4.69) is 10.6 Å². The molecular formula is C18H19FN2O2. The van der Waals surface area contributed by atoms with E-state index in [1.165, 1.54) is 17.7 Å². The van der Waals surface area contributed by atoms with Crippen molar-refractivity contribution in [3.8, 4) is 0 Å². The summed E-state index contributed by atoms with van der Waals surface area (Å²) in [5, 5.41) is 15.9. The molecule has 0 bridgehead atoms. The molecule has 0 aliphatic carbocycles. The van der Waals surface area contributed by atoms with Crippen molar-refractivity contribution >= 4 is 5.91 Å². The normalized spacial score (nSPS) is 18.1. The second-order valence-corrected chi connectivity index (χ2v) is 5.69. The number of amides is 1. The molecule has 2 aromatic carbocycles. The molecule has 2 aromatic rings. The lowest BCUT2D eigenvalue weighted by atomic mass is 9.95. The van der Waals surface area contributed by atoms with Crippen molar-refractivity contribution in [3.05, 3.63) is 71.0 Å². The van der Waals surface area contributed by atoms with Crippen molar-refractivity contribution < 1.29 is 14.3 Å². The summed E-state index contributed by atoms with van der Waals surface area (Å²) in [5.41, 5.74) is 2.54. The van der Waals surface area contributed by atoms with Crippen molar-refractivity contribution in [2.45, 2.75) is 25.1 Å². The lowest BCUT2D eigenvalue weighted by Crippen LogP contribution is -2.48. The molecule has 0 aromatic heterocycles. The van der Waals surface area contributed by atoms with Gasteiger partial charge in [0.25, 0.3) is 0 Å². The van der Waals surface area contributed by atoms with Crippen LogP contribution in [0.25, 0.3) is 0 Å². The van der Waals surface area contributed by atoms with Crippen LogP contribution in [0.15, 0.2) is 48.5 Å². The highest BCUT2D eigenvalue weighted by molar-refractivity contribution is 5.82. The van der Waals surface area contributed by atoms with Gasteiger partial charge in [-0.2, -0.15) is 0 Å². The third kappa shape index (κ3) is 3.57. The van der Waals surface area contributed by atoms with Gasteiger partial charge in [0.2, 0.25) is 5.91 Å². The monoisotopic (exact) mass is 314 g/mol. The van der Waals surface area contributed by atoms with E-state index in [-0.39, 0.29) is 24.1 Å². The average molecular weight is 314 g/mol. The van der Waals surface area contributed by atoms with E-state index in [1.54, 1.807) is 12.1 Å². The van der Waals surface area contributed by atoms with Crippen LogP contribution in [-0.4, -0.2) is 23.6 Å². The van der Waals surface area contributed by atoms with Gasteiger partial charge in [-0.05, 0) is 23.6 Å². The van der Waals surface area contributed by atoms with Crippen molar-refractivity contribution in [3.63, 3.8) is 0 Å². The highest BCUT2D eigenvalue weighted by atomic mass is 19.1. The highest BCUT2D eigenvalue weighted by Gasteiger charge is 2.24. The van der Waals surface area contributed by atoms with Gasteiger partial charge in [-0.3, -0.25) is 4.79 Å². The predicted molar refractivity (Wildman–Crippen MR) is 85.1 cm³/mol. The molecule has 2 atom stereocenters. The number of halogens is 1. The fourth-order valence-corrected chi connectivity index (χ4v) is 2.82. The van der Waals surface area contributed by atoms with E-state index < -0.39 is 11.9 Å². The van der Waals surface area contributed by atoms with Crippen LogP contribution < -0.4 is 10.6 Å². The Morgan fingerprint density at radius 1 is 1.22 bits per heavy atom. The molecule has 3 rings (SSSR count). The molecule has 3 N–H and O–H groups in total.